The van der Waals surface area contributed by atoms with Gasteiger partial charge in [0.15, 0.2) is 0 Å². The van der Waals surface area contributed by atoms with Crippen LogP contribution in [0.25, 0.3) is 0 Å². The van der Waals surface area contributed by atoms with Crippen LogP contribution >= 0.6 is 11.3 Å². The predicted molar refractivity (Wildman–Crippen MR) is 77.2 cm³/mol. The molecule has 18 heavy (non-hydrogen) atoms. The van der Waals surface area contributed by atoms with E-state index in [1.165, 1.54) is 37.1 Å². The second-order valence-corrected chi connectivity index (χ2v) is 6.31. The van der Waals surface area contributed by atoms with Gasteiger partial charge in [0.05, 0.1) is 0 Å². The standard InChI is InChI=1S/C15H23NOS/c1-13(17)12-14-6-3-2-4-9-16(14)10-8-15-7-5-11-18-15/h5,7,11,14H,2-4,6,8-10,12H2,1H3. The fraction of sp³-hybridized carbons (Fsp3) is 0.667. The van der Waals surface area contributed by atoms with Crippen molar-refractivity contribution in [3.8, 4) is 0 Å². The molecule has 3 heteroatoms. The van der Waals surface area contributed by atoms with E-state index in [4.69, 9.17) is 0 Å². The number of likely N-dealkylation sites (tertiary alicyclic amines) is 1. The van der Waals surface area contributed by atoms with Crippen molar-refractivity contribution in [2.45, 2.75) is 51.5 Å². The molecule has 1 aliphatic heterocycles. The quantitative estimate of drug-likeness (QED) is 0.812. The van der Waals surface area contributed by atoms with Gasteiger partial charge in [-0.3, -0.25) is 9.69 Å². The summed E-state index contributed by atoms with van der Waals surface area (Å²) < 4.78 is 0. The average Bonchev–Trinajstić information content (AvgIpc) is 2.75. The number of nitrogens with zero attached hydrogens (tertiary/aromatic N) is 1. The highest BCUT2D eigenvalue weighted by Crippen LogP contribution is 2.20. The fourth-order valence-electron chi connectivity index (χ4n) is 2.80. The summed E-state index contributed by atoms with van der Waals surface area (Å²) in [5, 5.41) is 2.14. The normalized spacial score (nSPS) is 21.7. The molecular weight excluding hydrogens is 242 g/mol. The summed E-state index contributed by atoms with van der Waals surface area (Å²) in [5.74, 6) is 0.336. The van der Waals surface area contributed by atoms with Crippen LogP contribution in [0.1, 0.15) is 43.9 Å². The summed E-state index contributed by atoms with van der Waals surface area (Å²) in [5.41, 5.74) is 0. The van der Waals surface area contributed by atoms with Crippen molar-refractivity contribution < 1.29 is 4.79 Å². The predicted octanol–water partition coefficient (Wildman–Crippen LogP) is 3.51. The first kappa shape index (κ1) is 13.8. The number of thiophene rings is 1. The summed E-state index contributed by atoms with van der Waals surface area (Å²) >= 11 is 1.84. The maximum atomic E-state index is 11.4. The van der Waals surface area contributed by atoms with Gasteiger partial charge in [-0.1, -0.05) is 18.9 Å². The molecule has 1 aromatic rings. The Balaban J connectivity index is 1.90. The monoisotopic (exact) mass is 265 g/mol. The van der Waals surface area contributed by atoms with Crippen LogP contribution in [-0.4, -0.2) is 29.8 Å². The lowest BCUT2D eigenvalue weighted by atomic mass is 10.0. The molecule has 1 saturated heterocycles. The van der Waals surface area contributed by atoms with Gasteiger partial charge in [-0.15, -0.1) is 11.3 Å². The Bertz CT molecular complexity index is 361. The number of carbonyl (C=O) groups excluding carboxylic acids is 1. The lowest BCUT2D eigenvalue weighted by molar-refractivity contribution is -0.118. The number of rotatable bonds is 5. The molecule has 0 aliphatic carbocycles. The maximum Gasteiger partial charge on any atom is 0.131 e. The number of hydrogen-bond donors (Lipinski definition) is 0. The number of Topliss-reactive ketones (excluding diaryl/α,β-unsaturated/α-hetero) is 1. The zero-order valence-electron chi connectivity index (χ0n) is 11.2. The smallest absolute Gasteiger partial charge is 0.131 e. The van der Waals surface area contributed by atoms with Crippen LogP contribution in [0.15, 0.2) is 17.5 Å². The molecule has 0 N–H and O–H groups in total. The summed E-state index contributed by atoms with van der Waals surface area (Å²) in [6, 6.07) is 4.82. The average molecular weight is 265 g/mol. The molecule has 1 unspecified atom stereocenters. The van der Waals surface area contributed by atoms with Crippen LogP contribution in [0.5, 0.6) is 0 Å². The number of hydrogen-bond acceptors (Lipinski definition) is 3. The van der Waals surface area contributed by atoms with E-state index in [2.05, 4.69) is 22.4 Å². The summed E-state index contributed by atoms with van der Waals surface area (Å²) in [6.45, 7) is 4.00. The molecule has 1 aromatic heterocycles. The van der Waals surface area contributed by atoms with Gasteiger partial charge in [0.2, 0.25) is 0 Å². The Hall–Kier alpha value is -0.670. The first-order chi connectivity index (χ1) is 8.75. The SMILES string of the molecule is CC(=O)CC1CCCCCN1CCc1cccs1. The number of carbonyl (C=O) groups is 1. The van der Waals surface area contributed by atoms with Crippen LogP contribution in [0.4, 0.5) is 0 Å². The first-order valence-corrected chi connectivity index (χ1v) is 7.89. The second-order valence-electron chi connectivity index (χ2n) is 5.27. The van der Waals surface area contributed by atoms with Gasteiger partial charge in [-0.2, -0.15) is 0 Å². The van der Waals surface area contributed by atoms with Crippen molar-refractivity contribution >= 4 is 17.1 Å². The highest BCUT2D eigenvalue weighted by atomic mass is 32.1. The number of ketones is 1. The minimum Gasteiger partial charge on any atom is -0.300 e. The first-order valence-electron chi connectivity index (χ1n) is 7.01. The van der Waals surface area contributed by atoms with E-state index in [9.17, 15) is 4.79 Å². The van der Waals surface area contributed by atoms with Gasteiger partial charge in [-0.25, -0.2) is 0 Å². The lowest BCUT2D eigenvalue weighted by Crippen LogP contribution is -2.37. The van der Waals surface area contributed by atoms with Crippen LogP contribution in [0.2, 0.25) is 0 Å². The van der Waals surface area contributed by atoms with E-state index in [1.54, 1.807) is 6.92 Å². The van der Waals surface area contributed by atoms with Gasteiger partial charge in [-0.05, 0) is 44.2 Å². The van der Waals surface area contributed by atoms with Crippen molar-refractivity contribution in [1.29, 1.82) is 0 Å². The van der Waals surface area contributed by atoms with E-state index < -0.39 is 0 Å². The molecule has 0 aromatic carbocycles. The Morgan fingerprint density at radius 3 is 3.06 bits per heavy atom. The molecule has 1 aliphatic rings. The van der Waals surface area contributed by atoms with Crippen molar-refractivity contribution in [3.63, 3.8) is 0 Å². The summed E-state index contributed by atoms with van der Waals surface area (Å²) in [7, 11) is 0. The Kier molecular flexibility index (Phi) is 5.39. The third kappa shape index (κ3) is 4.21. The molecule has 0 spiro atoms. The topological polar surface area (TPSA) is 20.3 Å². The molecule has 0 bridgehead atoms. The van der Waals surface area contributed by atoms with Gasteiger partial charge in [0, 0.05) is 23.9 Å². The van der Waals surface area contributed by atoms with Crippen LogP contribution in [0.3, 0.4) is 0 Å². The fourth-order valence-corrected chi connectivity index (χ4v) is 3.50. The van der Waals surface area contributed by atoms with Gasteiger partial charge in [0.25, 0.3) is 0 Å². The van der Waals surface area contributed by atoms with Crippen molar-refractivity contribution in [2.75, 3.05) is 13.1 Å². The Labute approximate surface area is 114 Å². The summed E-state index contributed by atoms with van der Waals surface area (Å²) in [6.07, 6.45) is 6.97. The second kappa shape index (κ2) is 7.05. The molecule has 100 valence electrons. The van der Waals surface area contributed by atoms with Crippen molar-refractivity contribution in [1.82, 2.24) is 4.90 Å². The molecule has 0 amide bonds. The van der Waals surface area contributed by atoms with E-state index in [0.717, 1.165) is 19.4 Å². The van der Waals surface area contributed by atoms with Crippen molar-refractivity contribution in [3.05, 3.63) is 22.4 Å². The highest BCUT2D eigenvalue weighted by molar-refractivity contribution is 7.09. The van der Waals surface area contributed by atoms with E-state index >= 15 is 0 Å². The largest absolute Gasteiger partial charge is 0.300 e. The van der Waals surface area contributed by atoms with Gasteiger partial charge < -0.3 is 0 Å². The van der Waals surface area contributed by atoms with Gasteiger partial charge in [0.1, 0.15) is 5.78 Å². The minimum atomic E-state index is 0.336. The Morgan fingerprint density at radius 2 is 2.33 bits per heavy atom. The third-order valence-electron chi connectivity index (χ3n) is 3.75. The van der Waals surface area contributed by atoms with E-state index in [0.29, 0.717) is 11.8 Å². The summed E-state index contributed by atoms with van der Waals surface area (Å²) in [4.78, 5) is 15.4. The van der Waals surface area contributed by atoms with Gasteiger partial charge >= 0.3 is 0 Å². The van der Waals surface area contributed by atoms with Crippen LogP contribution in [0, 0.1) is 0 Å². The minimum absolute atomic E-state index is 0.336. The molecule has 0 saturated carbocycles. The lowest BCUT2D eigenvalue weighted by Gasteiger charge is -2.29. The zero-order valence-corrected chi connectivity index (χ0v) is 12.0. The van der Waals surface area contributed by atoms with Crippen molar-refractivity contribution in [2.24, 2.45) is 0 Å². The maximum absolute atomic E-state index is 11.4. The van der Waals surface area contributed by atoms with Crippen LogP contribution in [-0.2, 0) is 11.2 Å². The molecule has 1 atom stereocenters. The zero-order chi connectivity index (χ0) is 12.8. The third-order valence-corrected chi connectivity index (χ3v) is 4.68. The molecule has 0 radical (unpaired) electrons. The molecular formula is C15H23NOS. The highest BCUT2D eigenvalue weighted by Gasteiger charge is 2.21. The van der Waals surface area contributed by atoms with Crippen LogP contribution < -0.4 is 0 Å². The molecule has 1 fully saturated rings. The molecule has 2 nitrogen and oxygen atoms in total. The van der Waals surface area contributed by atoms with E-state index in [1.807, 2.05) is 11.3 Å². The molecule has 2 rings (SSSR count). The Morgan fingerprint density at radius 1 is 1.44 bits per heavy atom. The molecule has 2 heterocycles. The van der Waals surface area contributed by atoms with E-state index in [-0.39, 0.29) is 0 Å².